The molecule has 6 nitrogen and oxygen atoms in total. The van der Waals surface area contributed by atoms with Crippen molar-refractivity contribution in [3.8, 4) is 0 Å². The molecule has 2 heterocycles. The monoisotopic (exact) mass is 357 g/mol. The van der Waals surface area contributed by atoms with Gasteiger partial charge in [-0.25, -0.2) is 0 Å². The molecule has 2 aromatic heterocycles. The van der Waals surface area contributed by atoms with Crippen molar-refractivity contribution in [3.05, 3.63) is 42.1 Å². The Hall–Kier alpha value is -2.24. The first-order valence-corrected chi connectivity index (χ1v) is 9.82. The minimum absolute atomic E-state index is 0.740. The Morgan fingerprint density at radius 1 is 1.19 bits per heavy atom. The van der Waals surface area contributed by atoms with Crippen LogP contribution in [0, 0.1) is 5.92 Å². The third kappa shape index (κ3) is 5.93. The number of hydrogen-bond donors (Lipinski definition) is 2. The van der Waals surface area contributed by atoms with E-state index < -0.39 is 0 Å². The molecule has 0 radical (unpaired) electrons. The third-order valence-corrected chi connectivity index (χ3v) is 5.07. The predicted octanol–water partition coefficient (Wildman–Crippen LogP) is 2.91. The van der Waals surface area contributed by atoms with Crippen LogP contribution in [0.2, 0.25) is 0 Å². The largest absolute Gasteiger partial charge is 0.469 e. The summed E-state index contributed by atoms with van der Waals surface area (Å²) >= 11 is 0. The van der Waals surface area contributed by atoms with Crippen LogP contribution >= 0.6 is 0 Å². The summed E-state index contributed by atoms with van der Waals surface area (Å²) in [5.74, 6) is 2.65. The zero-order valence-corrected chi connectivity index (χ0v) is 15.8. The molecule has 1 aliphatic carbocycles. The fraction of sp³-hybridized carbons (Fsp3) is 0.600. The van der Waals surface area contributed by atoms with Gasteiger partial charge in [0.2, 0.25) is 0 Å². The van der Waals surface area contributed by atoms with Gasteiger partial charge in [0.15, 0.2) is 5.96 Å². The Labute approximate surface area is 156 Å². The molecule has 0 saturated heterocycles. The van der Waals surface area contributed by atoms with Gasteiger partial charge in [0, 0.05) is 51.4 Å². The molecule has 6 heteroatoms. The van der Waals surface area contributed by atoms with Crippen LogP contribution in [0.15, 0.2) is 40.1 Å². The number of aliphatic imine (C=N–C) groups is 1. The Morgan fingerprint density at radius 2 is 2.00 bits per heavy atom. The first-order chi connectivity index (χ1) is 12.8. The molecule has 1 saturated carbocycles. The van der Waals surface area contributed by atoms with E-state index in [9.17, 15) is 0 Å². The fourth-order valence-electron chi connectivity index (χ4n) is 3.48. The van der Waals surface area contributed by atoms with Gasteiger partial charge in [-0.1, -0.05) is 19.3 Å². The maximum atomic E-state index is 5.40. The van der Waals surface area contributed by atoms with Crippen molar-refractivity contribution < 1.29 is 4.42 Å². The molecule has 2 aromatic rings. The Kier molecular flexibility index (Phi) is 7.16. The summed E-state index contributed by atoms with van der Waals surface area (Å²) in [6.07, 6.45) is 12.1. The average Bonchev–Trinajstić information content (AvgIpc) is 3.32. The van der Waals surface area contributed by atoms with Crippen molar-refractivity contribution in [1.29, 1.82) is 0 Å². The Bertz CT molecular complexity index is 656. The van der Waals surface area contributed by atoms with E-state index in [1.807, 2.05) is 30.1 Å². The highest BCUT2D eigenvalue weighted by molar-refractivity contribution is 5.79. The van der Waals surface area contributed by atoms with E-state index in [0.717, 1.165) is 50.1 Å². The normalized spacial score (nSPS) is 16.0. The highest BCUT2D eigenvalue weighted by Gasteiger charge is 2.13. The molecule has 1 fully saturated rings. The molecule has 3 rings (SSSR count). The molecule has 0 unspecified atom stereocenters. The molecule has 142 valence electrons. The van der Waals surface area contributed by atoms with Gasteiger partial charge >= 0.3 is 0 Å². The fourth-order valence-corrected chi connectivity index (χ4v) is 3.48. The molecular weight excluding hydrogens is 326 g/mol. The van der Waals surface area contributed by atoms with Gasteiger partial charge in [-0.3, -0.25) is 9.67 Å². The lowest BCUT2D eigenvalue weighted by Crippen LogP contribution is -2.40. The summed E-state index contributed by atoms with van der Waals surface area (Å²) in [6, 6.07) is 6.00. The predicted molar refractivity (Wildman–Crippen MR) is 104 cm³/mol. The van der Waals surface area contributed by atoms with Crippen molar-refractivity contribution in [1.82, 2.24) is 20.4 Å². The molecule has 0 aromatic carbocycles. The van der Waals surface area contributed by atoms with Crippen LogP contribution in [0.25, 0.3) is 0 Å². The smallest absolute Gasteiger partial charge is 0.191 e. The van der Waals surface area contributed by atoms with Crippen molar-refractivity contribution >= 4 is 5.96 Å². The number of aromatic nitrogens is 2. The standard InChI is InChI=1S/C20H31N5O/c1-25-18(10-14-24-25)9-12-21-20(22-13-11-19-8-5-15-26-19)23-16-17-6-3-2-4-7-17/h5,8,10,14-15,17H,2-4,6-7,9,11-13,16H2,1H3,(H2,21,22,23). The number of hydrogen-bond acceptors (Lipinski definition) is 3. The van der Waals surface area contributed by atoms with Crippen LogP contribution in [0.5, 0.6) is 0 Å². The lowest BCUT2D eigenvalue weighted by Gasteiger charge is -2.20. The van der Waals surface area contributed by atoms with Crippen LogP contribution in [0.1, 0.15) is 43.6 Å². The van der Waals surface area contributed by atoms with E-state index in [1.54, 1.807) is 6.26 Å². The lowest BCUT2D eigenvalue weighted by atomic mass is 9.89. The number of guanidine groups is 1. The summed E-state index contributed by atoms with van der Waals surface area (Å²) in [4.78, 5) is 4.85. The van der Waals surface area contributed by atoms with E-state index in [4.69, 9.17) is 9.41 Å². The molecule has 0 atom stereocenters. The SMILES string of the molecule is Cn1nccc1CCNC(=NCC1CCCCC1)NCCc1ccco1. The van der Waals surface area contributed by atoms with Gasteiger partial charge in [0.1, 0.15) is 5.76 Å². The van der Waals surface area contributed by atoms with Gasteiger partial charge in [0.25, 0.3) is 0 Å². The van der Waals surface area contributed by atoms with Crippen molar-refractivity contribution in [3.63, 3.8) is 0 Å². The number of rotatable bonds is 8. The van der Waals surface area contributed by atoms with E-state index in [-0.39, 0.29) is 0 Å². The Morgan fingerprint density at radius 3 is 2.69 bits per heavy atom. The maximum absolute atomic E-state index is 5.40. The summed E-state index contributed by atoms with van der Waals surface area (Å²) in [6.45, 7) is 2.58. The van der Waals surface area contributed by atoms with Crippen LogP contribution < -0.4 is 10.6 Å². The van der Waals surface area contributed by atoms with E-state index in [2.05, 4.69) is 21.8 Å². The molecular formula is C20H31N5O. The number of nitrogens with zero attached hydrogens (tertiary/aromatic N) is 3. The van der Waals surface area contributed by atoms with Gasteiger partial charge in [-0.05, 0) is 37.0 Å². The van der Waals surface area contributed by atoms with E-state index >= 15 is 0 Å². The third-order valence-electron chi connectivity index (χ3n) is 5.07. The van der Waals surface area contributed by atoms with Gasteiger partial charge in [0.05, 0.1) is 6.26 Å². The van der Waals surface area contributed by atoms with Gasteiger partial charge in [-0.15, -0.1) is 0 Å². The number of furan rings is 1. The topological polar surface area (TPSA) is 67.4 Å². The summed E-state index contributed by atoms with van der Waals surface area (Å²) in [7, 11) is 1.98. The molecule has 0 aliphatic heterocycles. The zero-order valence-electron chi connectivity index (χ0n) is 15.8. The van der Waals surface area contributed by atoms with E-state index in [0.29, 0.717) is 0 Å². The molecule has 0 amide bonds. The second-order valence-corrected chi connectivity index (χ2v) is 7.07. The minimum atomic E-state index is 0.740. The summed E-state index contributed by atoms with van der Waals surface area (Å²) in [5.41, 5.74) is 1.22. The second-order valence-electron chi connectivity index (χ2n) is 7.07. The number of aryl methyl sites for hydroxylation is 1. The first kappa shape index (κ1) is 18.5. The Balaban J connectivity index is 1.48. The highest BCUT2D eigenvalue weighted by atomic mass is 16.3. The van der Waals surface area contributed by atoms with Crippen LogP contribution in [0.4, 0.5) is 0 Å². The van der Waals surface area contributed by atoms with Gasteiger partial charge < -0.3 is 15.1 Å². The minimum Gasteiger partial charge on any atom is -0.469 e. The van der Waals surface area contributed by atoms with Crippen LogP contribution in [-0.4, -0.2) is 35.4 Å². The quantitative estimate of drug-likeness (QED) is 0.563. The van der Waals surface area contributed by atoms with Crippen molar-refractivity contribution in [2.24, 2.45) is 18.0 Å². The lowest BCUT2D eigenvalue weighted by molar-refractivity contribution is 0.366. The molecule has 26 heavy (non-hydrogen) atoms. The summed E-state index contributed by atoms with van der Waals surface area (Å²) in [5, 5.41) is 11.1. The number of nitrogens with one attached hydrogen (secondary N) is 2. The first-order valence-electron chi connectivity index (χ1n) is 9.82. The highest BCUT2D eigenvalue weighted by Crippen LogP contribution is 2.23. The van der Waals surface area contributed by atoms with Crippen LogP contribution in [-0.2, 0) is 19.9 Å². The van der Waals surface area contributed by atoms with Crippen molar-refractivity contribution in [2.45, 2.75) is 44.9 Å². The second kappa shape index (κ2) is 10.0. The molecule has 2 N–H and O–H groups in total. The molecule has 0 spiro atoms. The van der Waals surface area contributed by atoms with E-state index in [1.165, 1.54) is 37.8 Å². The maximum Gasteiger partial charge on any atom is 0.191 e. The zero-order chi connectivity index (χ0) is 18.0. The molecule has 0 bridgehead atoms. The summed E-state index contributed by atoms with van der Waals surface area (Å²) < 4.78 is 7.33. The van der Waals surface area contributed by atoms with Crippen molar-refractivity contribution in [2.75, 3.05) is 19.6 Å². The average molecular weight is 358 g/mol. The van der Waals surface area contributed by atoms with Gasteiger partial charge in [-0.2, -0.15) is 5.10 Å². The molecule has 1 aliphatic rings. The van der Waals surface area contributed by atoms with Crippen LogP contribution in [0.3, 0.4) is 0 Å².